The van der Waals surface area contributed by atoms with E-state index in [9.17, 15) is 35.1 Å². The molecule has 1 nitrogen and oxygen atoms in total. The van der Waals surface area contributed by atoms with E-state index in [0.29, 0.717) is 19.1 Å². The van der Waals surface area contributed by atoms with Gasteiger partial charge in [-0.1, -0.05) is 12.1 Å². The molecule has 0 atom stereocenters. The number of hydrogen-bond donors (Lipinski definition) is 0. The van der Waals surface area contributed by atoms with Crippen LogP contribution in [0.15, 0.2) is 35.6 Å². The average Bonchev–Trinajstić information content (AvgIpc) is 2.46. The first kappa shape index (κ1) is 18.3. The Balaban J connectivity index is 2.45. The summed E-state index contributed by atoms with van der Waals surface area (Å²) in [6.07, 6.45) is -4.07. The molecule has 1 aliphatic rings. The van der Waals surface area contributed by atoms with Crippen molar-refractivity contribution in [2.45, 2.75) is 31.8 Å². The molecule has 0 fully saturated rings. The molecule has 9 heteroatoms. The molecule has 0 aromatic heterocycles. The molecule has 0 aliphatic heterocycles. The maximum Gasteiger partial charge on any atom is 0.429 e. The Morgan fingerprint density at radius 1 is 0.875 bits per heavy atom. The summed E-state index contributed by atoms with van der Waals surface area (Å²) in [5.41, 5.74) is -3.05. The van der Waals surface area contributed by atoms with Gasteiger partial charge in [0, 0.05) is 5.57 Å². The highest BCUT2D eigenvalue weighted by atomic mass is 19.3. The fraction of sp³-hybridized carbons (Fsp3) is 0.333. The molecule has 1 aromatic rings. The van der Waals surface area contributed by atoms with Crippen LogP contribution in [0.1, 0.15) is 18.1 Å². The highest BCUT2D eigenvalue weighted by Crippen LogP contribution is 2.49. The molecule has 2 rings (SSSR count). The molecule has 0 saturated heterocycles. The third-order valence-electron chi connectivity index (χ3n) is 3.51. The second-order valence-electron chi connectivity index (χ2n) is 5.21. The Kier molecular flexibility index (Phi) is 4.18. The van der Waals surface area contributed by atoms with Crippen LogP contribution in [0.3, 0.4) is 0 Å². The first-order chi connectivity index (χ1) is 10.8. The van der Waals surface area contributed by atoms with Crippen molar-refractivity contribution >= 4 is 0 Å². The molecular formula is C15H10F8O. The predicted octanol–water partition coefficient (Wildman–Crippen LogP) is 5.45. The van der Waals surface area contributed by atoms with Crippen LogP contribution in [-0.2, 0) is 10.8 Å². The van der Waals surface area contributed by atoms with E-state index in [1.165, 1.54) is 0 Å². The van der Waals surface area contributed by atoms with Crippen molar-refractivity contribution in [3.63, 3.8) is 0 Å². The van der Waals surface area contributed by atoms with Gasteiger partial charge in [-0.2, -0.15) is 26.3 Å². The van der Waals surface area contributed by atoms with Gasteiger partial charge in [0.05, 0.1) is 0 Å². The van der Waals surface area contributed by atoms with E-state index >= 15 is 0 Å². The average molecular weight is 358 g/mol. The van der Waals surface area contributed by atoms with Crippen molar-refractivity contribution in [2.75, 3.05) is 0 Å². The normalized spacial score (nSPS) is 19.6. The van der Waals surface area contributed by atoms with Crippen LogP contribution in [0.2, 0.25) is 0 Å². The molecule has 0 amide bonds. The molecule has 0 saturated carbocycles. The van der Waals surface area contributed by atoms with Crippen molar-refractivity contribution in [1.29, 1.82) is 0 Å². The van der Waals surface area contributed by atoms with Gasteiger partial charge in [-0.15, -0.1) is 0 Å². The zero-order valence-corrected chi connectivity index (χ0v) is 12.2. The lowest BCUT2D eigenvalue weighted by Gasteiger charge is -2.33. The molecule has 0 bridgehead atoms. The number of benzene rings is 1. The van der Waals surface area contributed by atoms with Crippen molar-refractivity contribution in [3.05, 3.63) is 58.4 Å². The fourth-order valence-electron chi connectivity index (χ4n) is 1.97. The molecule has 0 spiro atoms. The van der Waals surface area contributed by atoms with Gasteiger partial charge in [0.2, 0.25) is 0 Å². The van der Waals surface area contributed by atoms with Gasteiger partial charge in [-0.3, -0.25) is 0 Å². The number of rotatable bonds is 3. The van der Waals surface area contributed by atoms with Crippen LogP contribution in [0.25, 0.3) is 0 Å². The highest BCUT2D eigenvalue weighted by molar-refractivity contribution is 5.35. The van der Waals surface area contributed by atoms with Crippen molar-refractivity contribution in [1.82, 2.24) is 0 Å². The van der Waals surface area contributed by atoms with Crippen LogP contribution in [0.4, 0.5) is 35.1 Å². The molecule has 24 heavy (non-hydrogen) atoms. The quantitative estimate of drug-likeness (QED) is 0.653. The summed E-state index contributed by atoms with van der Waals surface area (Å²) in [5.74, 6) is -15.5. The van der Waals surface area contributed by atoms with E-state index in [0.717, 1.165) is 13.0 Å². The molecule has 0 unspecified atom stereocenters. The van der Waals surface area contributed by atoms with Crippen molar-refractivity contribution in [3.8, 4) is 0 Å². The van der Waals surface area contributed by atoms with E-state index < -0.39 is 46.5 Å². The van der Waals surface area contributed by atoms with Gasteiger partial charge < -0.3 is 4.74 Å². The summed E-state index contributed by atoms with van der Waals surface area (Å²) >= 11 is 0. The van der Waals surface area contributed by atoms with Gasteiger partial charge in [0.1, 0.15) is 5.56 Å². The van der Waals surface area contributed by atoms with E-state index in [1.807, 2.05) is 0 Å². The molecule has 0 heterocycles. The van der Waals surface area contributed by atoms with Crippen LogP contribution in [0.5, 0.6) is 0 Å². The Labute approximate surface area is 131 Å². The predicted molar refractivity (Wildman–Crippen MR) is 67.8 cm³/mol. The summed E-state index contributed by atoms with van der Waals surface area (Å²) in [6.45, 7) is 1.78. The molecule has 0 radical (unpaired) electrons. The van der Waals surface area contributed by atoms with Gasteiger partial charge >= 0.3 is 18.0 Å². The Bertz CT molecular complexity index is 733. The topological polar surface area (TPSA) is 9.23 Å². The summed E-state index contributed by atoms with van der Waals surface area (Å²) in [6, 6.07) is 1.20. The van der Waals surface area contributed by atoms with Gasteiger partial charge in [-0.05, 0) is 31.6 Å². The van der Waals surface area contributed by atoms with Gasteiger partial charge in [-0.25, -0.2) is 8.78 Å². The molecular weight excluding hydrogens is 348 g/mol. The molecule has 1 aromatic carbocycles. The lowest BCUT2D eigenvalue weighted by atomic mass is 9.96. The van der Waals surface area contributed by atoms with Crippen molar-refractivity contribution in [2.24, 2.45) is 0 Å². The number of alkyl halides is 6. The number of ether oxygens (including phenoxy) is 1. The van der Waals surface area contributed by atoms with E-state index in [1.54, 1.807) is 0 Å². The zero-order valence-electron chi connectivity index (χ0n) is 12.2. The number of allylic oxidation sites excluding steroid dienone is 4. The number of halogens is 8. The number of aryl methyl sites for hydroxylation is 1. The smallest absolute Gasteiger partial charge is 0.427 e. The zero-order chi connectivity index (χ0) is 18.5. The van der Waals surface area contributed by atoms with E-state index in [4.69, 9.17) is 0 Å². The van der Waals surface area contributed by atoms with Crippen LogP contribution < -0.4 is 0 Å². The van der Waals surface area contributed by atoms with Crippen LogP contribution >= 0.6 is 0 Å². The highest BCUT2D eigenvalue weighted by Gasteiger charge is 2.64. The van der Waals surface area contributed by atoms with E-state index in [2.05, 4.69) is 4.74 Å². The molecule has 132 valence electrons. The molecule has 1 aliphatic carbocycles. The SMILES string of the molecule is CC1=CC=C(OC(F)(F)c2ccc(C)c(F)c2F)C(F)(F)C1(F)F. The minimum atomic E-state index is -5.07. The molecule has 0 N–H and O–H groups in total. The second-order valence-corrected chi connectivity index (χ2v) is 5.21. The summed E-state index contributed by atoms with van der Waals surface area (Å²) in [4.78, 5) is 0. The lowest BCUT2D eigenvalue weighted by Crippen LogP contribution is -2.46. The summed E-state index contributed by atoms with van der Waals surface area (Å²) in [7, 11) is 0. The Hall–Kier alpha value is -2.06. The Morgan fingerprint density at radius 3 is 2.04 bits per heavy atom. The maximum atomic E-state index is 13.9. The van der Waals surface area contributed by atoms with Crippen molar-refractivity contribution < 1.29 is 39.9 Å². The van der Waals surface area contributed by atoms with Gasteiger partial charge in [0.15, 0.2) is 17.4 Å². The fourth-order valence-corrected chi connectivity index (χ4v) is 1.97. The largest absolute Gasteiger partial charge is 0.429 e. The monoisotopic (exact) mass is 358 g/mol. The lowest BCUT2D eigenvalue weighted by molar-refractivity contribution is -0.268. The first-order valence-corrected chi connectivity index (χ1v) is 6.49. The number of hydrogen-bond acceptors (Lipinski definition) is 1. The minimum Gasteiger partial charge on any atom is -0.427 e. The summed E-state index contributed by atoms with van der Waals surface area (Å²) in [5, 5.41) is 0. The second kappa shape index (κ2) is 5.49. The van der Waals surface area contributed by atoms with Crippen LogP contribution in [0, 0.1) is 18.6 Å². The Morgan fingerprint density at radius 2 is 1.46 bits per heavy atom. The third kappa shape index (κ3) is 2.65. The maximum absolute atomic E-state index is 13.9. The van der Waals surface area contributed by atoms with E-state index in [-0.39, 0.29) is 11.6 Å². The van der Waals surface area contributed by atoms with Crippen LogP contribution in [-0.4, -0.2) is 11.8 Å². The van der Waals surface area contributed by atoms with Gasteiger partial charge in [0.25, 0.3) is 0 Å². The summed E-state index contributed by atoms with van der Waals surface area (Å²) < 4.78 is 113. The third-order valence-corrected chi connectivity index (χ3v) is 3.51. The minimum absolute atomic E-state index is 0.239. The standard InChI is InChI=1S/C15H10F8O/c1-7-3-5-9(12(17)11(7)16)15(22,23)24-10-6-4-8(2)13(18,19)14(10,20)21/h3-6H,1-2H3. The first-order valence-electron chi connectivity index (χ1n) is 6.49.